The van der Waals surface area contributed by atoms with Crippen LogP contribution in [-0.2, 0) is 0 Å². The standard InChI is InChI=1S/C14H20FN3O3/c1-21-14-8-12(13(18(19)20)7-11(14)15)17-6-2-3-10(9-17)4-5-16/h7-8,10H,2-6,9,16H2,1H3. The van der Waals surface area contributed by atoms with Gasteiger partial charge in [0.05, 0.1) is 18.1 Å². The van der Waals surface area contributed by atoms with Crippen LogP contribution in [0.5, 0.6) is 5.75 Å². The number of rotatable bonds is 5. The molecule has 1 unspecified atom stereocenters. The molecule has 6 nitrogen and oxygen atoms in total. The summed E-state index contributed by atoms with van der Waals surface area (Å²) < 4.78 is 18.6. The Morgan fingerprint density at radius 3 is 2.95 bits per heavy atom. The minimum atomic E-state index is -0.719. The Labute approximate surface area is 122 Å². The number of piperidine rings is 1. The highest BCUT2D eigenvalue weighted by atomic mass is 19.1. The van der Waals surface area contributed by atoms with Crippen LogP contribution in [0.3, 0.4) is 0 Å². The fraction of sp³-hybridized carbons (Fsp3) is 0.571. The SMILES string of the molecule is COc1cc(N2CCCC(CCN)C2)c([N+](=O)[O-])cc1F. The Morgan fingerprint density at radius 1 is 1.57 bits per heavy atom. The third-order valence-corrected chi connectivity index (χ3v) is 3.88. The molecule has 21 heavy (non-hydrogen) atoms. The van der Waals surface area contributed by atoms with Crippen LogP contribution in [0.2, 0.25) is 0 Å². The van der Waals surface area contributed by atoms with Crippen molar-refractivity contribution in [3.05, 3.63) is 28.1 Å². The van der Waals surface area contributed by atoms with Crippen LogP contribution in [0.15, 0.2) is 12.1 Å². The summed E-state index contributed by atoms with van der Waals surface area (Å²) in [6.07, 6.45) is 2.91. The summed E-state index contributed by atoms with van der Waals surface area (Å²) in [5, 5.41) is 11.2. The van der Waals surface area contributed by atoms with Crippen LogP contribution in [0.4, 0.5) is 15.8 Å². The van der Waals surface area contributed by atoms with Crippen LogP contribution in [0.1, 0.15) is 19.3 Å². The summed E-state index contributed by atoms with van der Waals surface area (Å²) in [6.45, 7) is 2.02. The number of nitrogens with zero attached hydrogens (tertiary/aromatic N) is 2. The second kappa shape index (κ2) is 6.71. The van der Waals surface area contributed by atoms with Gasteiger partial charge in [0.15, 0.2) is 11.6 Å². The second-order valence-corrected chi connectivity index (χ2v) is 5.26. The average molecular weight is 297 g/mol. The number of anilines is 1. The van der Waals surface area contributed by atoms with E-state index in [-0.39, 0.29) is 11.4 Å². The van der Waals surface area contributed by atoms with Gasteiger partial charge in [0.2, 0.25) is 0 Å². The van der Waals surface area contributed by atoms with Crippen molar-refractivity contribution in [2.45, 2.75) is 19.3 Å². The zero-order valence-corrected chi connectivity index (χ0v) is 12.0. The molecule has 0 radical (unpaired) electrons. The minimum absolute atomic E-state index is 0.0246. The number of nitrogens with two attached hydrogens (primary N) is 1. The molecule has 1 aliphatic heterocycles. The van der Waals surface area contributed by atoms with Gasteiger partial charge in [-0.05, 0) is 31.7 Å². The average Bonchev–Trinajstić information content (AvgIpc) is 2.47. The number of nitro benzene ring substituents is 1. The van der Waals surface area contributed by atoms with E-state index in [2.05, 4.69) is 0 Å². The fourth-order valence-corrected chi connectivity index (χ4v) is 2.84. The summed E-state index contributed by atoms with van der Waals surface area (Å²) >= 11 is 0. The number of benzene rings is 1. The van der Waals surface area contributed by atoms with Crippen LogP contribution >= 0.6 is 0 Å². The lowest BCUT2D eigenvalue weighted by molar-refractivity contribution is -0.384. The van der Waals surface area contributed by atoms with Gasteiger partial charge in [-0.2, -0.15) is 0 Å². The van der Waals surface area contributed by atoms with Gasteiger partial charge in [-0.25, -0.2) is 4.39 Å². The van der Waals surface area contributed by atoms with Gasteiger partial charge in [-0.3, -0.25) is 10.1 Å². The van der Waals surface area contributed by atoms with Crippen molar-refractivity contribution in [3.8, 4) is 5.75 Å². The highest BCUT2D eigenvalue weighted by molar-refractivity contribution is 5.66. The van der Waals surface area contributed by atoms with E-state index in [0.717, 1.165) is 31.9 Å². The van der Waals surface area contributed by atoms with Crippen LogP contribution in [-0.4, -0.2) is 31.7 Å². The summed E-state index contributed by atoms with van der Waals surface area (Å²) in [4.78, 5) is 12.6. The lowest BCUT2D eigenvalue weighted by atomic mass is 9.94. The number of hydrogen-bond acceptors (Lipinski definition) is 5. The third kappa shape index (κ3) is 3.41. The number of halogens is 1. The minimum Gasteiger partial charge on any atom is -0.494 e. The van der Waals surface area contributed by atoms with Crippen molar-refractivity contribution < 1.29 is 14.1 Å². The van der Waals surface area contributed by atoms with E-state index >= 15 is 0 Å². The van der Waals surface area contributed by atoms with E-state index in [9.17, 15) is 14.5 Å². The topological polar surface area (TPSA) is 81.6 Å². The van der Waals surface area contributed by atoms with Gasteiger partial charge >= 0.3 is 0 Å². The maximum absolute atomic E-state index is 13.7. The summed E-state index contributed by atoms with van der Waals surface area (Å²) in [6, 6.07) is 2.35. The number of hydrogen-bond donors (Lipinski definition) is 1. The Morgan fingerprint density at radius 2 is 2.33 bits per heavy atom. The van der Waals surface area contributed by atoms with Gasteiger partial charge in [0.25, 0.3) is 5.69 Å². The molecule has 2 rings (SSSR count). The Kier molecular flexibility index (Phi) is 4.95. The molecule has 0 aromatic heterocycles. The van der Waals surface area contributed by atoms with Gasteiger partial charge in [-0.15, -0.1) is 0 Å². The summed E-state index contributed by atoms with van der Waals surface area (Å²) in [5.74, 6) is -0.278. The van der Waals surface area contributed by atoms with E-state index in [1.807, 2.05) is 4.90 Å². The van der Waals surface area contributed by atoms with Gasteiger partial charge in [0.1, 0.15) is 5.69 Å². The molecular formula is C14H20FN3O3. The third-order valence-electron chi connectivity index (χ3n) is 3.88. The molecule has 1 saturated heterocycles. The maximum atomic E-state index is 13.7. The lowest BCUT2D eigenvalue weighted by Crippen LogP contribution is -2.36. The maximum Gasteiger partial charge on any atom is 0.295 e. The van der Waals surface area contributed by atoms with Gasteiger partial charge < -0.3 is 15.4 Å². The molecule has 2 N–H and O–H groups in total. The number of ether oxygens (including phenoxy) is 1. The molecule has 1 atom stereocenters. The molecular weight excluding hydrogens is 277 g/mol. The van der Waals surface area contributed by atoms with Crippen molar-refractivity contribution in [2.75, 3.05) is 31.6 Å². The van der Waals surface area contributed by atoms with E-state index in [4.69, 9.17) is 10.5 Å². The Hall–Kier alpha value is -1.89. The zero-order chi connectivity index (χ0) is 15.4. The molecule has 1 heterocycles. The van der Waals surface area contributed by atoms with Crippen molar-refractivity contribution in [3.63, 3.8) is 0 Å². The molecule has 7 heteroatoms. The molecule has 0 bridgehead atoms. The summed E-state index contributed by atoms with van der Waals surface area (Å²) in [5.41, 5.74) is 5.79. The molecule has 1 fully saturated rings. The summed E-state index contributed by atoms with van der Waals surface area (Å²) in [7, 11) is 1.35. The first-order valence-corrected chi connectivity index (χ1v) is 7.03. The smallest absolute Gasteiger partial charge is 0.295 e. The molecule has 1 aliphatic rings. The monoisotopic (exact) mass is 297 g/mol. The van der Waals surface area contributed by atoms with Crippen molar-refractivity contribution in [1.29, 1.82) is 0 Å². The Balaban J connectivity index is 2.34. The van der Waals surface area contributed by atoms with Gasteiger partial charge in [-0.1, -0.05) is 0 Å². The molecule has 116 valence electrons. The fourth-order valence-electron chi connectivity index (χ4n) is 2.84. The predicted molar refractivity (Wildman–Crippen MR) is 78.2 cm³/mol. The van der Waals surface area contributed by atoms with Crippen LogP contribution in [0.25, 0.3) is 0 Å². The van der Waals surface area contributed by atoms with E-state index < -0.39 is 10.7 Å². The molecule has 0 aliphatic carbocycles. The van der Waals surface area contributed by atoms with Crippen molar-refractivity contribution in [1.82, 2.24) is 0 Å². The number of methoxy groups -OCH3 is 1. The van der Waals surface area contributed by atoms with E-state index in [1.54, 1.807) is 0 Å². The predicted octanol–water partition coefficient (Wildman–Crippen LogP) is 2.31. The van der Waals surface area contributed by atoms with Crippen LogP contribution in [0, 0.1) is 21.8 Å². The molecule has 0 spiro atoms. The lowest BCUT2D eigenvalue weighted by Gasteiger charge is -2.34. The number of nitro groups is 1. The van der Waals surface area contributed by atoms with Crippen LogP contribution < -0.4 is 15.4 Å². The second-order valence-electron chi connectivity index (χ2n) is 5.26. The molecule has 1 aromatic rings. The Bertz CT molecular complexity index is 522. The highest BCUT2D eigenvalue weighted by Crippen LogP contribution is 2.36. The first kappa shape index (κ1) is 15.5. The van der Waals surface area contributed by atoms with Crippen molar-refractivity contribution in [2.24, 2.45) is 11.7 Å². The first-order valence-electron chi connectivity index (χ1n) is 7.03. The highest BCUT2D eigenvalue weighted by Gasteiger charge is 2.27. The molecule has 0 amide bonds. The van der Waals surface area contributed by atoms with E-state index in [1.165, 1.54) is 13.2 Å². The normalized spacial score (nSPS) is 18.6. The van der Waals surface area contributed by atoms with Crippen molar-refractivity contribution >= 4 is 11.4 Å². The quantitative estimate of drug-likeness (QED) is 0.666. The zero-order valence-electron chi connectivity index (χ0n) is 12.0. The van der Waals surface area contributed by atoms with Gasteiger partial charge in [0, 0.05) is 19.2 Å². The van der Waals surface area contributed by atoms with E-state index in [0.29, 0.717) is 24.7 Å². The molecule has 0 saturated carbocycles. The largest absolute Gasteiger partial charge is 0.494 e. The first-order chi connectivity index (χ1) is 10.1. The molecule has 1 aromatic carbocycles.